The summed E-state index contributed by atoms with van der Waals surface area (Å²) in [6.45, 7) is 2.57. The van der Waals surface area contributed by atoms with Crippen LogP contribution in [0.25, 0.3) is 10.8 Å². The lowest BCUT2D eigenvalue weighted by molar-refractivity contribution is -0.141. The van der Waals surface area contributed by atoms with Crippen molar-refractivity contribution >= 4 is 34.5 Å². The predicted molar refractivity (Wildman–Crippen MR) is 135 cm³/mol. The topological polar surface area (TPSA) is 98.8 Å². The zero-order valence-electron chi connectivity index (χ0n) is 20.1. The van der Waals surface area contributed by atoms with E-state index in [2.05, 4.69) is 10.7 Å². The van der Waals surface area contributed by atoms with Gasteiger partial charge in [-0.15, -0.1) is 0 Å². The van der Waals surface area contributed by atoms with E-state index in [1.54, 1.807) is 35.2 Å². The molecule has 184 valence electrons. The van der Waals surface area contributed by atoms with E-state index in [4.69, 9.17) is 0 Å². The van der Waals surface area contributed by atoms with Crippen molar-refractivity contribution in [3.05, 3.63) is 83.9 Å². The van der Waals surface area contributed by atoms with Crippen molar-refractivity contribution in [1.29, 1.82) is 0 Å². The Morgan fingerprint density at radius 3 is 2.50 bits per heavy atom. The third kappa shape index (κ3) is 3.98. The van der Waals surface area contributed by atoms with Crippen LogP contribution in [0.15, 0.2) is 72.8 Å². The van der Waals surface area contributed by atoms with Crippen molar-refractivity contribution in [3.8, 4) is 0 Å². The molecule has 8 nitrogen and oxygen atoms in total. The first-order valence-corrected chi connectivity index (χ1v) is 12.2. The normalized spacial score (nSPS) is 22.0. The van der Waals surface area contributed by atoms with Crippen LogP contribution >= 0.6 is 0 Å². The fraction of sp³-hybridized carbons (Fsp3) is 0.286. The van der Waals surface area contributed by atoms with Gasteiger partial charge in [-0.3, -0.25) is 19.8 Å². The summed E-state index contributed by atoms with van der Waals surface area (Å²) in [5.41, 5.74) is 2.56. The number of likely N-dealkylation sites (tertiary alicyclic amines) is 1. The molecule has 2 heterocycles. The van der Waals surface area contributed by atoms with E-state index in [-0.39, 0.29) is 12.5 Å². The summed E-state index contributed by atoms with van der Waals surface area (Å²) in [6.07, 6.45) is 1.55. The number of urea groups is 1. The minimum atomic E-state index is -1.23. The van der Waals surface area contributed by atoms with Crippen molar-refractivity contribution in [1.82, 2.24) is 20.7 Å². The first-order chi connectivity index (χ1) is 17.4. The molecule has 2 atom stereocenters. The Labute approximate surface area is 209 Å². The maximum atomic E-state index is 13.4. The van der Waals surface area contributed by atoms with Gasteiger partial charge in [0.05, 0.1) is 5.92 Å². The van der Waals surface area contributed by atoms with Crippen LogP contribution in [0, 0.1) is 5.92 Å². The molecular formula is C28H28N4O4. The Kier molecular flexibility index (Phi) is 6.18. The second-order valence-corrected chi connectivity index (χ2v) is 9.29. The molecule has 0 spiro atoms. The number of carbonyl (C=O) groups is 4. The molecule has 3 aromatic rings. The number of nitrogens with zero attached hydrogens (tertiary/aromatic N) is 2. The Morgan fingerprint density at radius 1 is 1.00 bits per heavy atom. The standard InChI is InChI=1S/C28H28N4O4/c1-2-28(21-13-4-3-5-14-21)26(35)32(27(36)29-28)30-24(33)20-12-9-17-31(18-20)25(34)23-16-8-11-19-10-6-7-15-22(19)23/h3-8,10-11,13-16,20H,2,9,12,17-18H2,1H3,(H,29,36)(H,30,33). The number of benzene rings is 3. The average Bonchev–Trinajstić information content (AvgIpc) is 3.18. The monoisotopic (exact) mass is 484 g/mol. The maximum absolute atomic E-state index is 13.4. The van der Waals surface area contributed by atoms with Gasteiger partial charge in [-0.2, -0.15) is 5.01 Å². The van der Waals surface area contributed by atoms with E-state index in [0.717, 1.165) is 15.8 Å². The minimum absolute atomic E-state index is 0.131. The third-order valence-corrected chi connectivity index (χ3v) is 7.21. The zero-order valence-corrected chi connectivity index (χ0v) is 20.1. The molecule has 0 radical (unpaired) electrons. The molecule has 5 amide bonds. The lowest BCUT2D eigenvalue weighted by Gasteiger charge is -2.33. The summed E-state index contributed by atoms with van der Waals surface area (Å²) in [6, 6.07) is 21.7. The van der Waals surface area contributed by atoms with Gasteiger partial charge >= 0.3 is 6.03 Å². The van der Waals surface area contributed by atoms with Gasteiger partial charge < -0.3 is 10.2 Å². The van der Waals surface area contributed by atoms with Gasteiger partial charge in [-0.1, -0.05) is 73.7 Å². The number of imide groups is 1. The highest BCUT2D eigenvalue weighted by atomic mass is 16.2. The minimum Gasteiger partial charge on any atom is -0.338 e. The summed E-state index contributed by atoms with van der Waals surface area (Å²) >= 11 is 0. The number of rotatable bonds is 5. The molecule has 2 unspecified atom stereocenters. The number of hydrogen-bond donors (Lipinski definition) is 2. The number of piperidine rings is 1. The van der Waals surface area contributed by atoms with E-state index in [1.807, 2.05) is 49.4 Å². The quantitative estimate of drug-likeness (QED) is 0.541. The first kappa shape index (κ1) is 23.5. The zero-order chi connectivity index (χ0) is 25.3. The smallest absolute Gasteiger partial charge is 0.338 e. The lowest BCUT2D eigenvalue weighted by Crippen LogP contribution is -2.53. The number of nitrogens with one attached hydrogen (secondary N) is 2. The van der Waals surface area contributed by atoms with Crippen molar-refractivity contribution in [3.63, 3.8) is 0 Å². The summed E-state index contributed by atoms with van der Waals surface area (Å²) in [5, 5.41) is 5.39. The van der Waals surface area contributed by atoms with Crippen LogP contribution < -0.4 is 10.7 Å². The summed E-state index contributed by atoms with van der Waals surface area (Å²) in [5.74, 6) is -1.64. The van der Waals surface area contributed by atoms with E-state index in [1.165, 1.54) is 0 Å². The molecule has 0 bridgehead atoms. The van der Waals surface area contributed by atoms with Crippen LogP contribution in [0.5, 0.6) is 0 Å². The van der Waals surface area contributed by atoms with Crippen molar-refractivity contribution in [2.75, 3.05) is 13.1 Å². The molecule has 36 heavy (non-hydrogen) atoms. The Balaban J connectivity index is 1.31. The van der Waals surface area contributed by atoms with Gasteiger partial charge in [0.1, 0.15) is 5.54 Å². The molecule has 2 saturated heterocycles. The second kappa shape index (κ2) is 9.45. The SMILES string of the molecule is CCC1(c2ccccc2)NC(=O)N(NC(=O)C2CCCN(C(=O)c3cccc4ccccc34)C2)C1=O. The van der Waals surface area contributed by atoms with Crippen LogP contribution in [-0.2, 0) is 15.1 Å². The van der Waals surface area contributed by atoms with Gasteiger partial charge in [0.15, 0.2) is 0 Å². The van der Waals surface area contributed by atoms with Crippen LogP contribution in [0.3, 0.4) is 0 Å². The Bertz CT molecular complexity index is 1340. The molecule has 2 fully saturated rings. The van der Waals surface area contributed by atoms with E-state index in [0.29, 0.717) is 36.9 Å². The highest BCUT2D eigenvalue weighted by Gasteiger charge is 2.52. The van der Waals surface area contributed by atoms with Crippen LogP contribution in [0.4, 0.5) is 4.79 Å². The summed E-state index contributed by atoms with van der Waals surface area (Å²) in [7, 11) is 0. The number of carbonyl (C=O) groups excluding carboxylic acids is 4. The number of hydrogen-bond acceptors (Lipinski definition) is 4. The molecule has 0 saturated carbocycles. The molecule has 2 N–H and O–H groups in total. The van der Waals surface area contributed by atoms with E-state index in [9.17, 15) is 19.2 Å². The molecule has 2 aliphatic rings. The Morgan fingerprint density at radius 2 is 1.72 bits per heavy atom. The second-order valence-electron chi connectivity index (χ2n) is 9.29. The summed E-state index contributed by atoms with van der Waals surface area (Å²) in [4.78, 5) is 54.3. The summed E-state index contributed by atoms with van der Waals surface area (Å²) < 4.78 is 0. The average molecular weight is 485 g/mol. The van der Waals surface area contributed by atoms with Gasteiger partial charge in [-0.25, -0.2) is 4.79 Å². The van der Waals surface area contributed by atoms with Gasteiger partial charge in [0, 0.05) is 18.7 Å². The molecule has 0 aromatic heterocycles. The van der Waals surface area contributed by atoms with E-state index >= 15 is 0 Å². The molecule has 2 aliphatic heterocycles. The van der Waals surface area contributed by atoms with Gasteiger partial charge in [0.2, 0.25) is 5.91 Å². The molecular weight excluding hydrogens is 456 g/mol. The molecule has 0 aliphatic carbocycles. The van der Waals surface area contributed by atoms with Crippen molar-refractivity contribution in [2.45, 2.75) is 31.7 Å². The van der Waals surface area contributed by atoms with E-state index < -0.39 is 29.3 Å². The number of fused-ring (bicyclic) bond motifs is 1. The highest BCUT2D eigenvalue weighted by Crippen LogP contribution is 2.32. The molecule has 5 rings (SSSR count). The van der Waals surface area contributed by atoms with Crippen molar-refractivity contribution < 1.29 is 19.2 Å². The fourth-order valence-corrected chi connectivity index (χ4v) is 5.20. The fourth-order valence-electron chi connectivity index (χ4n) is 5.20. The predicted octanol–water partition coefficient (Wildman–Crippen LogP) is 3.58. The van der Waals surface area contributed by atoms with Crippen LogP contribution in [0.2, 0.25) is 0 Å². The third-order valence-electron chi connectivity index (χ3n) is 7.21. The maximum Gasteiger partial charge on any atom is 0.344 e. The highest BCUT2D eigenvalue weighted by molar-refractivity contribution is 6.09. The van der Waals surface area contributed by atoms with Crippen molar-refractivity contribution in [2.24, 2.45) is 5.92 Å². The van der Waals surface area contributed by atoms with Gasteiger partial charge in [-0.05, 0) is 41.7 Å². The van der Waals surface area contributed by atoms with Crippen LogP contribution in [0.1, 0.15) is 42.1 Å². The number of amides is 5. The lowest BCUT2D eigenvalue weighted by atomic mass is 9.87. The largest absolute Gasteiger partial charge is 0.344 e. The first-order valence-electron chi connectivity index (χ1n) is 12.2. The molecule has 3 aromatic carbocycles. The van der Waals surface area contributed by atoms with Crippen LogP contribution in [-0.4, -0.2) is 46.8 Å². The Hall–Kier alpha value is -4.20. The number of hydrazine groups is 1. The van der Waals surface area contributed by atoms with Gasteiger partial charge in [0.25, 0.3) is 11.8 Å². The molecule has 8 heteroatoms.